The van der Waals surface area contributed by atoms with Gasteiger partial charge in [-0.25, -0.2) is 0 Å². The summed E-state index contributed by atoms with van der Waals surface area (Å²) in [6.07, 6.45) is 6.62. The second-order valence-corrected chi connectivity index (χ2v) is 8.94. The average Bonchev–Trinajstić information content (AvgIpc) is 3.05. The quantitative estimate of drug-likeness (QED) is 0.685. The SMILES string of the molecule is COc1ccc(C(N)N2CCNC(C(=O)Cc3occc3C)C2)c(N2CCCCCC2)c1. The highest BCUT2D eigenvalue weighted by atomic mass is 16.5. The third-order valence-corrected chi connectivity index (χ3v) is 6.79. The predicted octanol–water partition coefficient (Wildman–Crippen LogP) is 3.02. The molecule has 2 aromatic rings. The molecular formula is C25H36N4O3. The van der Waals surface area contributed by atoms with Crippen LogP contribution in [0.2, 0.25) is 0 Å². The van der Waals surface area contributed by atoms with E-state index in [0.717, 1.165) is 54.5 Å². The van der Waals surface area contributed by atoms with Crippen molar-refractivity contribution < 1.29 is 13.9 Å². The molecule has 2 fully saturated rings. The van der Waals surface area contributed by atoms with Crippen LogP contribution < -0.4 is 20.7 Å². The van der Waals surface area contributed by atoms with Crippen LogP contribution in [-0.4, -0.2) is 56.6 Å². The van der Waals surface area contributed by atoms with E-state index >= 15 is 0 Å². The standard InChI is InChI=1S/C25H36N4O3/c1-18-9-14-32-24(18)16-23(30)21-17-29(13-10-27-21)25(26)20-8-7-19(31-2)15-22(20)28-11-5-3-4-6-12-28/h7-9,14-15,21,25,27H,3-6,10-13,16-17,26H2,1-2H3. The lowest BCUT2D eigenvalue weighted by atomic mass is 10.0. The van der Waals surface area contributed by atoms with Crippen molar-refractivity contribution in [2.45, 2.75) is 51.2 Å². The van der Waals surface area contributed by atoms with Gasteiger partial charge in [0.15, 0.2) is 5.78 Å². The number of carbonyl (C=O) groups excluding carboxylic acids is 1. The van der Waals surface area contributed by atoms with E-state index in [1.54, 1.807) is 13.4 Å². The predicted molar refractivity (Wildman–Crippen MR) is 126 cm³/mol. The van der Waals surface area contributed by atoms with E-state index in [1.165, 1.54) is 25.7 Å². The number of ketones is 1. The van der Waals surface area contributed by atoms with Crippen LogP contribution in [0.5, 0.6) is 5.75 Å². The van der Waals surface area contributed by atoms with Crippen molar-refractivity contribution in [1.82, 2.24) is 10.2 Å². The minimum absolute atomic E-state index is 0.141. The number of nitrogens with one attached hydrogen (secondary N) is 1. The Bertz CT molecular complexity index is 904. The zero-order chi connectivity index (χ0) is 22.5. The number of nitrogens with zero attached hydrogens (tertiary/aromatic N) is 2. The molecule has 0 spiro atoms. The van der Waals surface area contributed by atoms with Crippen molar-refractivity contribution in [3.05, 3.63) is 47.4 Å². The van der Waals surface area contributed by atoms with Gasteiger partial charge in [-0.2, -0.15) is 0 Å². The van der Waals surface area contributed by atoms with Gasteiger partial charge >= 0.3 is 0 Å². The number of methoxy groups -OCH3 is 1. The van der Waals surface area contributed by atoms with Crippen molar-refractivity contribution in [2.24, 2.45) is 5.73 Å². The molecular weight excluding hydrogens is 404 g/mol. The first-order chi connectivity index (χ1) is 15.6. The lowest BCUT2D eigenvalue weighted by Crippen LogP contribution is -2.56. The summed E-state index contributed by atoms with van der Waals surface area (Å²) in [5.74, 6) is 1.74. The summed E-state index contributed by atoms with van der Waals surface area (Å²) < 4.78 is 11.0. The summed E-state index contributed by atoms with van der Waals surface area (Å²) in [4.78, 5) is 17.6. The monoisotopic (exact) mass is 440 g/mol. The molecule has 1 aromatic heterocycles. The number of benzene rings is 1. The van der Waals surface area contributed by atoms with Gasteiger partial charge in [-0.15, -0.1) is 0 Å². The lowest BCUT2D eigenvalue weighted by Gasteiger charge is -2.38. The molecule has 7 heteroatoms. The van der Waals surface area contributed by atoms with Crippen LogP contribution in [0.15, 0.2) is 34.9 Å². The highest BCUT2D eigenvalue weighted by molar-refractivity contribution is 5.86. The number of hydrogen-bond donors (Lipinski definition) is 2. The molecule has 174 valence electrons. The minimum atomic E-state index is -0.276. The maximum Gasteiger partial charge on any atom is 0.158 e. The Morgan fingerprint density at radius 3 is 2.69 bits per heavy atom. The van der Waals surface area contributed by atoms with Crippen LogP contribution in [0, 0.1) is 6.92 Å². The van der Waals surface area contributed by atoms with Crippen molar-refractivity contribution in [1.29, 1.82) is 0 Å². The molecule has 0 aliphatic carbocycles. The van der Waals surface area contributed by atoms with Gasteiger partial charge in [-0.3, -0.25) is 9.69 Å². The fourth-order valence-electron chi connectivity index (χ4n) is 4.79. The Hall–Kier alpha value is -2.35. The van der Waals surface area contributed by atoms with Gasteiger partial charge in [0.2, 0.25) is 0 Å². The van der Waals surface area contributed by atoms with Gasteiger partial charge in [0.25, 0.3) is 0 Å². The van der Waals surface area contributed by atoms with Crippen LogP contribution >= 0.6 is 0 Å². The summed E-state index contributed by atoms with van der Waals surface area (Å²) in [7, 11) is 1.70. The maximum atomic E-state index is 12.9. The summed E-state index contributed by atoms with van der Waals surface area (Å²) in [5, 5.41) is 3.37. The lowest BCUT2D eigenvalue weighted by molar-refractivity contribution is -0.122. The van der Waals surface area contributed by atoms with Crippen LogP contribution in [0.25, 0.3) is 0 Å². The molecule has 32 heavy (non-hydrogen) atoms. The van der Waals surface area contributed by atoms with Crippen LogP contribution in [0.3, 0.4) is 0 Å². The third kappa shape index (κ3) is 5.17. The molecule has 7 nitrogen and oxygen atoms in total. The second-order valence-electron chi connectivity index (χ2n) is 8.94. The van der Waals surface area contributed by atoms with Crippen LogP contribution in [0.4, 0.5) is 5.69 Å². The van der Waals surface area contributed by atoms with E-state index in [9.17, 15) is 4.79 Å². The van der Waals surface area contributed by atoms with Gasteiger partial charge in [0.1, 0.15) is 11.5 Å². The highest BCUT2D eigenvalue weighted by Crippen LogP contribution is 2.33. The smallest absolute Gasteiger partial charge is 0.158 e. The first-order valence-electron chi connectivity index (χ1n) is 11.8. The molecule has 3 heterocycles. The molecule has 2 aliphatic rings. The molecule has 0 amide bonds. The van der Waals surface area contributed by atoms with Crippen molar-refractivity contribution >= 4 is 11.5 Å². The molecule has 4 rings (SSSR count). The molecule has 1 aromatic carbocycles. The van der Waals surface area contributed by atoms with Gasteiger partial charge in [-0.05, 0) is 37.5 Å². The fraction of sp³-hybridized carbons (Fsp3) is 0.560. The number of furan rings is 1. The van der Waals surface area contributed by atoms with Crippen LogP contribution in [0.1, 0.15) is 48.7 Å². The minimum Gasteiger partial charge on any atom is -0.497 e. The van der Waals surface area contributed by atoms with Crippen LogP contribution in [-0.2, 0) is 11.2 Å². The topological polar surface area (TPSA) is 84.0 Å². The summed E-state index contributed by atoms with van der Waals surface area (Å²) in [6.45, 7) is 6.17. The van der Waals surface area contributed by atoms with Crippen molar-refractivity contribution in [3.8, 4) is 5.75 Å². The Labute approximate surface area is 190 Å². The first kappa shape index (κ1) is 22.8. The number of Topliss-reactive ketones (excluding diaryl/α,β-unsaturated/α-hetero) is 1. The van der Waals surface area contributed by atoms with Gasteiger partial charge in [0.05, 0.1) is 32.0 Å². The average molecular weight is 441 g/mol. The van der Waals surface area contributed by atoms with Crippen molar-refractivity contribution in [3.63, 3.8) is 0 Å². The zero-order valence-electron chi connectivity index (χ0n) is 19.3. The number of ether oxygens (including phenoxy) is 1. The normalized spacial score (nSPS) is 21.2. The van der Waals surface area contributed by atoms with E-state index in [0.29, 0.717) is 13.0 Å². The molecule has 2 aliphatic heterocycles. The van der Waals surface area contributed by atoms with E-state index in [-0.39, 0.29) is 18.0 Å². The summed E-state index contributed by atoms with van der Waals surface area (Å²) in [5.41, 5.74) is 10.1. The largest absolute Gasteiger partial charge is 0.497 e. The fourth-order valence-corrected chi connectivity index (χ4v) is 4.79. The number of aryl methyl sites for hydroxylation is 1. The first-order valence-corrected chi connectivity index (χ1v) is 11.8. The molecule has 0 saturated carbocycles. The number of hydrogen-bond acceptors (Lipinski definition) is 7. The Morgan fingerprint density at radius 1 is 1.22 bits per heavy atom. The maximum absolute atomic E-state index is 12.9. The Kier molecular flexibility index (Phi) is 7.50. The van der Waals surface area contributed by atoms with E-state index in [4.69, 9.17) is 14.9 Å². The Balaban J connectivity index is 1.51. The molecule has 3 N–H and O–H groups in total. The zero-order valence-corrected chi connectivity index (χ0v) is 19.3. The molecule has 0 radical (unpaired) electrons. The second kappa shape index (κ2) is 10.5. The molecule has 2 unspecified atom stereocenters. The van der Waals surface area contributed by atoms with Gasteiger partial charge < -0.3 is 25.1 Å². The van der Waals surface area contributed by atoms with E-state index in [2.05, 4.69) is 27.2 Å². The molecule has 0 bridgehead atoms. The number of carbonyl (C=O) groups is 1. The molecule has 2 saturated heterocycles. The van der Waals surface area contributed by atoms with E-state index < -0.39 is 0 Å². The summed E-state index contributed by atoms with van der Waals surface area (Å²) in [6, 6.07) is 7.84. The highest BCUT2D eigenvalue weighted by Gasteiger charge is 2.31. The Morgan fingerprint density at radius 2 is 2.00 bits per heavy atom. The van der Waals surface area contributed by atoms with Crippen molar-refractivity contribution in [2.75, 3.05) is 44.7 Å². The summed E-state index contributed by atoms with van der Waals surface area (Å²) >= 11 is 0. The van der Waals surface area contributed by atoms with Gasteiger partial charge in [0, 0.05) is 50.0 Å². The number of piperazine rings is 1. The third-order valence-electron chi connectivity index (χ3n) is 6.79. The number of rotatable bonds is 7. The number of nitrogens with two attached hydrogens (primary N) is 1. The van der Waals surface area contributed by atoms with Gasteiger partial charge in [-0.1, -0.05) is 18.9 Å². The molecule has 2 atom stereocenters. The number of anilines is 1. The van der Waals surface area contributed by atoms with E-state index in [1.807, 2.05) is 19.1 Å².